The number of ether oxygens (including phenoxy) is 3. The Kier molecular flexibility index (Phi) is 7.72. The number of nitrogens with one attached hydrogen (secondary N) is 1. The summed E-state index contributed by atoms with van der Waals surface area (Å²) in [6, 6.07) is 10.4. The fourth-order valence-corrected chi connectivity index (χ4v) is 4.75. The Morgan fingerprint density at radius 3 is 2.62 bits per heavy atom. The molecule has 1 amide bonds. The molecule has 4 aromatic rings. The highest BCUT2D eigenvalue weighted by Crippen LogP contribution is 2.33. The van der Waals surface area contributed by atoms with E-state index in [1.807, 2.05) is 49.6 Å². The molecule has 1 saturated heterocycles. The molecule has 1 N–H and O–H groups in total. The number of esters is 1. The van der Waals surface area contributed by atoms with E-state index in [0.29, 0.717) is 17.4 Å². The van der Waals surface area contributed by atoms with Gasteiger partial charge in [-0.05, 0) is 56.7 Å². The fourth-order valence-electron chi connectivity index (χ4n) is 4.75. The standard InChI is InChI=1S/C31H32N6O5/c1-7-19-8-9-26-21(10-19)15-32-29(35-26)34-23-11-20(22-16-33-36(5)17-22)12-24(13-23)41-25-14-27(28(38)40-6)37(18-25)30(39)42-31(2,3)4/h1,8-13,15-17,25,27H,14,18H2,2-6H3,(H,32,34,35)/t25-,27-/m0/s1. The molecule has 3 heterocycles. The zero-order valence-corrected chi connectivity index (χ0v) is 24.1. The van der Waals surface area contributed by atoms with Crippen LogP contribution < -0.4 is 10.1 Å². The van der Waals surface area contributed by atoms with Crippen LogP contribution >= 0.6 is 0 Å². The lowest BCUT2D eigenvalue weighted by atomic mass is 10.1. The average molecular weight is 569 g/mol. The maximum atomic E-state index is 12.9. The molecule has 0 unspecified atom stereocenters. The van der Waals surface area contributed by atoms with Gasteiger partial charge in [0.05, 0.1) is 25.4 Å². The van der Waals surface area contributed by atoms with Crippen molar-refractivity contribution >= 4 is 34.6 Å². The van der Waals surface area contributed by atoms with E-state index in [9.17, 15) is 9.59 Å². The molecule has 2 atom stereocenters. The quantitative estimate of drug-likeness (QED) is 0.261. The number of carbonyl (C=O) groups excluding carboxylic acids is 2. The van der Waals surface area contributed by atoms with E-state index >= 15 is 0 Å². The van der Waals surface area contributed by atoms with Crippen LogP contribution in [0.4, 0.5) is 16.4 Å². The van der Waals surface area contributed by atoms with E-state index < -0.39 is 29.8 Å². The molecule has 1 fully saturated rings. The monoisotopic (exact) mass is 568 g/mol. The Balaban J connectivity index is 1.43. The Hall–Kier alpha value is -5.11. The number of methoxy groups -OCH3 is 1. The van der Waals surface area contributed by atoms with Gasteiger partial charge in [0, 0.05) is 54.1 Å². The van der Waals surface area contributed by atoms with Crippen LogP contribution in [0.5, 0.6) is 5.75 Å². The first-order chi connectivity index (χ1) is 20.0. The number of carbonyl (C=O) groups is 2. The van der Waals surface area contributed by atoms with Gasteiger partial charge < -0.3 is 19.5 Å². The Morgan fingerprint density at radius 2 is 1.93 bits per heavy atom. The van der Waals surface area contributed by atoms with Crippen molar-refractivity contribution in [3.05, 3.63) is 60.6 Å². The molecule has 0 saturated carbocycles. The molecule has 0 aliphatic carbocycles. The van der Waals surface area contributed by atoms with Crippen molar-refractivity contribution in [2.75, 3.05) is 19.0 Å². The van der Waals surface area contributed by atoms with Gasteiger partial charge in [-0.15, -0.1) is 6.42 Å². The fraction of sp³-hybridized carbons (Fsp3) is 0.323. The van der Waals surface area contributed by atoms with Gasteiger partial charge in [-0.3, -0.25) is 9.58 Å². The zero-order chi connectivity index (χ0) is 30.0. The summed E-state index contributed by atoms with van der Waals surface area (Å²) in [4.78, 5) is 35.9. The van der Waals surface area contributed by atoms with Crippen molar-refractivity contribution in [1.29, 1.82) is 0 Å². The minimum absolute atomic E-state index is 0.155. The minimum atomic E-state index is -0.824. The molecule has 0 radical (unpaired) electrons. The summed E-state index contributed by atoms with van der Waals surface area (Å²) in [5.41, 5.74) is 3.18. The van der Waals surface area contributed by atoms with Gasteiger partial charge in [-0.1, -0.05) is 5.92 Å². The summed E-state index contributed by atoms with van der Waals surface area (Å²) in [5.74, 6) is 3.01. The molecular formula is C31H32N6O5. The molecule has 5 rings (SSSR count). The number of anilines is 2. The highest BCUT2D eigenvalue weighted by molar-refractivity contribution is 5.83. The number of likely N-dealkylation sites (tertiary alicyclic amines) is 1. The van der Waals surface area contributed by atoms with Crippen molar-refractivity contribution < 1.29 is 23.8 Å². The second kappa shape index (κ2) is 11.4. The summed E-state index contributed by atoms with van der Waals surface area (Å²) < 4.78 is 18.6. The lowest BCUT2D eigenvalue weighted by Crippen LogP contribution is -2.44. The Labute approximate surface area is 243 Å². The topological polar surface area (TPSA) is 121 Å². The van der Waals surface area contributed by atoms with Gasteiger partial charge >= 0.3 is 12.1 Å². The smallest absolute Gasteiger partial charge is 0.411 e. The number of hydrogen-bond acceptors (Lipinski definition) is 9. The Morgan fingerprint density at radius 1 is 1.12 bits per heavy atom. The van der Waals surface area contributed by atoms with E-state index in [2.05, 4.69) is 26.3 Å². The molecule has 11 heteroatoms. The first kappa shape index (κ1) is 28.4. The van der Waals surface area contributed by atoms with Gasteiger partial charge in [0.1, 0.15) is 23.5 Å². The summed E-state index contributed by atoms with van der Waals surface area (Å²) in [6.07, 6.45) is 10.0. The van der Waals surface area contributed by atoms with Gasteiger partial charge in [-0.25, -0.2) is 19.6 Å². The second-order valence-electron chi connectivity index (χ2n) is 11.0. The molecule has 216 valence electrons. The van der Waals surface area contributed by atoms with Gasteiger partial charge in [0.15, 0.2) is 0 Å². The first-order valence-corrected chi connectivity index (χ1v) is 13.4. The Bertz CT molecular complexity index is 1690. The van der Waals surface area contributed by atoms with Crippen molar-refractivity contribution in [1.82, 2.24) is 24.6 Å². The van der Waals surface area contributed by atoms with Crippen molar-refractivity contribution in [3.63, 3.8) is 0 Å². The van der Waals surface area contributed by atoms with Crippen molar-refractivity contribution in [2.45, 2.75) is 44.9 Å². The molecule has 2 aromatic carbocycles. The molecular weight excluding hydrogens is 536 g/mol. The maximum absolute atomic E-state index is 12.9. The number of aromatic nitrogens is 4. The van der Waals surface area contributed by atoms with E-state index in [0.717, 1.165) is 27.6 Å². The van der Waals surface area contributed by atoms with Gasteiger partial charge in [-0.2, -0.15) is 5.10 Å². The lowest BCUT2D eigenvalue weighted by Gasteiger charge is -2.27. The summed E-state index contributed by atoms with van der Waals surface area (Å²) >= 11 is 0. The van der Waals surface area contributed by atoms with Crippen molar-refractivity contribution in [3.8, 4) is 29.2 Å². The van der Waals surface area contributed by atoms with Crippen LogP contribution in [0.2, 0.25) is 0 Å². The number of amides is 1. The summed E-state index contributed by atoms with van der Waals surface area (Å²) in [5, 5.41) is 8.39. The summed E-state index contributed by atoms with van der Waals surface area (Å²) in [6.45, 7) is 5.47. The number of terminal acetylenes is 1. The van der Waals surface area contributed by atoms with Gasteiger partial charge in [0.2, 0.25) is 5.95 Å². The van der Waals surface area contributed by atoms with Crippen molar-refractivity contribution in [2.24, 2.45) is 7.05 Å². The molecule has 42 heavy (non-hydrogen) atoms. The summed E-state index contributed by atoms with van der Waals surface area (Å²) in [7, 11) is 3.14. The normalized spacial score (nSPS) is 16.6. The predicted molar refractivity (Wildman–Crippen MR) is 157 cm³/mol. The largest absolute Gasteiger partial charge is 0.488 e. The number of benzene rings is 2. The number of hydrogen-bond donors (Lipinski definition) is 1. The number of fused-ring (bicyclic) bond motifs is 1. The zero-order valence-electron chi connectivity index (χ0n) is 24.1. The third-order valence-electron chi connectivity index (χ3n) is 6.61. The number of nitrogens with zero attached hydrogens (tertiary/aromatic N) is 5. The van der Waals surface area contributed by atoms with Crippen LogP contribution in [0.15, 0.2) is 55.0 Å². The highest BCUT2D eigenvalue weighted by Gasteiger charge is 2.43. The average Bonchev–Trinajstić information content (AvgIpc) is 3.58. The number of rotatable bonds is 6. The first-order valence-electron chi connectivity index (χ1n) is 13.4. The molecule has 1 aliphatic heterocycles. The molecule has 0 bridgehead atoms. The molecule has 11 nitrogen and oxygen atoms in total. The van der Waals surface area contributed by atoms with Gasteiger partial charge in [0.25, 0.3) is 0 Å². The van der Waals surface area contributed by atoms with E-state index in [1.165, 1.54) is 12.0 Å². The third-order valence-corrected chi connectivity index (χ3v) is 6.61. The molecule has 0 spiro atoms. The number of aryl methyl sites for hydroxylation is 1. The van der Waals surface area contributed by atoms with Crippen LogP contribution in [0, 0.1) is 12.3 Å². The van der Waals surface area contributed by atoms with Crippen LogP contribution in [-0.4, -0.2) is 68.1 Å². The molecule has 1 aliphatic rings. The van der Waals surface area contributed by atoms with Crippen LogP contribution in [0.3, 0.4) is 0 Å². The van der Waals surface area contributed by atoms with Crippen LogP contribution in [0.1, 0.15) is 32.8 Å². The van der Waals surface area contributed by atoms with E-state index in [4.69, 9.17) is 20.6 Å². The second-order valence-corrected chi connectivity index (χ2v) is 11.0. The SMILES string of the molecule is C#Cc1ccc2nc(Nc3cc(O[C@H]4C[C@@H](C(=O)OC)N(C(=O)OC(C)(C)C)C4)cc(-c4cnn(C)c4)c3)ncc2c1. The minimum Gasteiger partial charge on any atom is -0.488 e. The van der Waals surface area contributed by atoms with E-state index in [-0.39, 0.29) is 13.0 Å². The maximum Gasteiger partial charge on any atom is 0.411 e. The predicted octanol–water partition coefficient (Wildman–Crippen LogP) is 4.69. The van der Waals surface area contributed by atoms with Crippen LogP contribution in [-0.2, 0) is 21.3 Å². The van der Waals surface area contributed by atoms with Crippen LogP contribution in [0.25, 0.3) is 22.0 Å². The third kappa shape index (κ3) is 6.44. The molecule has 2 aromatic heterocycles. The van der Waals surface area contributed by atoms with E-state index in [1.54, 1.807) is 37.8 Å². The lowest BCUT2D eigenvalue weighted by molar-refractivity contribution is -0.145. The highest BCUT2D eigenvalue weighted by atomic mass is 16.6.